The summed E-state index contributed by atoms with van der Waals surface area (Å²) in [6.07, 6.45) is 1.66. The van der Waals surface area contributed by atoms with E-state index in [9.17, 15) is 4.79 Å². The zero-order valence-corrected chi connectivity index (χ0v) is 12.3. The van der Waals surface area contributed by atoms with Crippen LogP contribution in [0.5, 0.6) is 0 Å². The van der Waals surface area contributed by atoms with Gasteiger partial charge in [0.25, 0.3) is 0 Å². The highest BCUT2D eigenvalue weighted by molar-refractivity contribution is 6.27. The molecule has 0 bridgehead atoms. The second-order valence-electron chi connectivity index (χ2n) is 5.11. The quantitative estimate of drug-likeness (QED) is 0.818. The van der Waals surface area contributed by atoms with Crippen LogP contribution in [0, 0.1) is 0 Å². The molecule has 6 heteroatoms. The molecule has 1 aromatic carbocycles. The molecule has 0 atom stereocenters. The highest BCUT2D eigenvalue weighted by Gasteiger charge is 2.27. The van der Waals surface area contributed by atoms with Crippen LogP contribution in [-0.2, 0) is 4.79 Å². The largest absolute Gasteiger partial charge is 0.342 e. The van der Waals surface area contributed by atoms with E-state index >= 15 is 0 Å². The third kappa shape index (κ3) is 3.08. The van der Waals surface area contributed by atoms with E-state index in [1.807, 2.05) is 30.3 Å². The average Bonchev–Trinajstić information content (AvgIpc) is 3.05. The number of benzene rings is 1. The van der Waals surface area contributed by atoms with E-state index in [2.05, 4.69) is 10.1 Å². The Balaban J connectivity index is 1.67. The molecule has 0 spiro atoms. The minimum atomic E-state index is -0.00868. The number of nitrogens with zero attached hydrogens (tertiary/aromatic N) is 3. The molecule has 2 heterocycles. The highest BCUT2D eigenvalue weighted by Crippen LogP contribution is 2.28. The fourth-order valence-corrected chi connectivity index (χ4v) is 2.73. The van der Waals surface area contributed by atoms with Gasteiger partial charge in [0, 0.05) is 24.6 Å². The average molecular weight is 306 g/mol. The van der Waals surface area contributed by atoms with E-state index in [-0.39, 0.29) is 17.7 Å². The van der Waals surface area contributed by atoms with E-state index < -0.39 is 0 Å². The number of aromatic nitrogens is 2. The van der Waals surface area contributed by atoms with Crippen molar-refractivity contribution in [2.75, 3.05) is 19.0 Å². The first-order valence-corrected chi connectivity index (χ1v) is 7.54. The fraction of sp³-hybridized carbons (Fsp3) is 0.400. The molecule has 110 valence electrons. The molecule has 1 aliphatic heterocycles. The predicted octanol–water partition coefficient (Wildman–Crippen LogP) is 2.68. The summed E-state index contributed by atoms with van der Waals surface area (Å²) in [7, 11) is 0. The zero-order chi connectivity index (χ0) is 14.7. The lowest BCUT2D eigenvalue weighted by Crippen LogP contribution is -2.38. The monoisotopic (exact) mass is 305 g/mol. The number of rotatable bonds is 3. The van der Waals surface area contributed by atoms with Crippen molar-refractivity contribution in [3.63, 3.8) is 0 Å². The molecule has 3 rings (SSSR count). The van der Waals surface area contributed by atoms with E-state index in [0.29, 0.717) is 24.8 Å². The number of hydrogen-bond donors (Lipinski definition) is 0. The van der Waals surface area contributed by atoms with Crippen molar-refractivity contribution < 1.29 is 9.32 Å². The molecule has 1 fully saturated rings. The molecule has 0 aliphatic carbocycles. The Morgan fingerprint density at radius 3 is 2.67 bits per heavy atom. The van der Waals surface area contributed by atoms with Crippen LogP contribution >= 0.6 is 11.6 Å². The minimum Gasteiger partial charge on any atom is -0.342 e. The van der Waals surface area contributed by atoms with Crippen LogP contribution in [0.1, 0.15) is 24.7 Å². The van der Waals surface area contributed by atoms with Crippen LogP contribution in [0.2, 0.25) is 0 Å². The number of carbonyl (C=O) groups is 1. The molecule has 0 radical (unpaired) electrons. The first kappa shape index (κ1) is 14.1. The second kappa shape index (κ2) is 6.26. The Morgan fingerprint density at radius 2 is 2.00 bits per heavy atom. The Morgan fingerprint density at radius 1 is 1.29 bits per heavy atom. The van der Waals surface area contributed by atoms with Crippen LogP contribution in [0.4, 0.5) is 0 Å². The number of hydrogen-bond acceptors (Lipinski definition) is 4. The standard InChI is InChI=1S/C15H16ClN3O2/c16-10-13(20)19-8-6-12(7-9-19)15-17-14(18-21-15)11-4-2-1-3-5-11/h1-5,12H,6-10H2. The molecule has 0 saturated carbocycles. The van der Waals surface area contributed by atoms with Gasteiger partial charge in [-0.2, -0.15) is 4.98 Å². The minimum absolute atomic E-state index is 0.00868. The van der Waals surface area contributed by atoms with Crippen molar-refractivity contribution in [1.82, 2.24) is 15.0 Å². The van der Waals surface area contributed by atoms with Crippen LogP contribution in [0.25, 0.3) is 11.4 Å². The van der Waals surface area contributed by atoms with Gasteiger partial charge in [0.15, 0.2) is 0 Å². The molecule has 1 amide bonds. The summed E-state index contributed by atoms with van der Waals surface area (Å²) in [5, 5.41) is 4.04. The highest BCUT2D eigenvalue weighted by atomic mass is 35.5. The fourth-order valence-electron chi connectivity index (χ4n) is 2.57. The van der Waals surface area contributed by atoms with Crippen LogP contribution in [0.15, 0.2) is 34.9 Å². The molecule has 1 aliphatic rings. The summed E-state index contributed by atoms with van der Waals surface area (Å²) >= 11 is 5.58. The Bertz CT molecular complexity index is 606. The smallest absolute Gasteiger partial charge is 0.237 e. The van der Waals surface area contributed by atoms with Gasteiger partial charge in [-0.05, 0) is 12.8 Å². The molecule has 0 N–H and O–H groups in total. The van der Waals surface area contributed by atoms with Crippen molar-refractivity contribution in [3.05, 3.63) is 36.2 Å². The Labute approximate surface area is 127 Å². The molecule has 21 heavy (non-hydrogen) atoms. The van der Waals surface area contributed by atoms with Crippen LogP contribution in [-0.4, -0.2) is 39.9 Å². The summed E-state index contributed by atoms with van der Waals surface area (Å²) in [4.78, 5) is 17.8. The third-order valence-corrected chi connectivity index (χ3v) is 4.01. The van der Waals surface area contributed by atoms with Crippen LogP contribution in [0.3, 0.4) is 0 Å². The summed E-state index contributed by atoms with van der Waals surface area (Å²) in [6, 6.07) is 9.75. The third-order valence-electron chi connectivity index (χ3n) is 3.78. The molecular weight excluding hydrogens is 290 g/mol. The van der Waals surface area contributed by atoms with Crippen LogP contribution < -0.4 is 0 Å². The lowest BCUT2D eigenvalue weighted by molar-refractivity contribution is -0.129. The lowest BCUT2D eigenvalue weighted by atomic mass is 9.97. The van der Waals surface area contributed by atoms with Crippen molar-refractivity contribution >= 4 is 17.5 Å². The topological polar surface area (TPSA) is 59.2 Å². The maximum atomic E-state index is 11.5. The van der Waals surface area contributed by atoms with Crippen molar-refractivity contribution in [2.24, 2.45) is 0 Å². The van der Waals surface area contributed by atoms with Crippen molar-refractivity contribution in [2.45, 2.75) is 18.8 Å². The number of amides is 1. The molecule has 5 nitrogen and oxygen atoms in total. The van der Waals surface area contributed by atoms with Gasteiger partial charge >= 0.3 is 0 Å². The van der Waals surface area contributed by atoms with Gasteiger partial charge in [-0.15, -0.1) is 11.6 Å². The maximum absolute atomic E-state index is 11.5. The predicted molar refractivity (Wildman–Crippen MR) is 79.0 cm³/mol. The summed E-state index contributed by atoms with van der Waals surface area (Å²) < 4.78 is 5.39. The number of piperidine rings is 1. The normalized spacial score (nSPS) is 16.1. The second-order valence-corrected chi connectivity index (χ2v) is 5.38. The van der Waals surface area contributed by atoms with Gasteiger partial charge in [-0.3, -0.25) is 4.79 Å². The summed E-state index contributed by atoms with van der Waals surface area (Å²) in [5.74, 6) is 1.53. The van der Waals surface area contributed by atoms with Crippen molar-refractivity contribution in [1.29, 1.82) is 0 Å². The summed E-state index contributed by atoms with van der Waals surface area (Å²) in [5.41, 5.74) is 0.947. The number of likely N-dealkylation sites (tertiary alicyclic amines) is 1. The Kier molecular flexibility index (Phi) is 4.20. The van der Waals surface area contributed by atoms with Gasteiger partial charge < -0.3 is 9.42 Å². The first-order valence-electron chi connectivity index (χ1n) is 7.00. The van der Waals surface area contributed by atoms with Crippen molar-refractivity contribution in [3.8, 4) is 11.4 Å². The van der Waals surface area contributed by atoms with Gasteiger partial charge in [0.2, 0.25) is 17.6 Å². The van der Waals surface area contributed by atoms with Gasteiger partial charge in [-0.1, -0.05) is 35.5 Å². The van der Waals surface area contributed by atoms with E-state index in [1.165, 1.54) is 0 Å². The molecular formula is C15H16ClN3O2. The van der Waals surface area contributed by atoms with Gasteiger partial charge in [-0.25, -0.2) is 0 Å². The Hall–Kier alpha value is -1.88. The first-order chi connectivity index (χ1) is 10.3. The number of carbonyl (C=O) groups excluding carboxylic acids is 1. The molecule has 1 saturated heterocycles. The molecule has 0 unspecified atom stereocenters. The SMILES string of the molecule is O=C(CCl)N1CCC(c2nc(-c3ccccc3)no2)CC1. The number of halogens is 1. The zero-order valence-electron chi connectivity index (χ0n) is 11.5. The van der Waals surface area contributed by atoms with Gasteiger partial charge in [0.1, 0.15) is 5.88 Å². The van der Waals surface area contributed by atoms with Gasteiger partial charge in [0.05, 0.1) is 0 Å². The van der Waals surface area contributed by atoms with E-state index in [0.717, 1.165) is 18.4 Å². The maximum Gasteiger partial charge on any atom is 0.237 e. The number of alkyl halides is 1. The van der Waals surface area contributed by atoms with E-state index in [4.69, 9.17) is 16.1 Å². The van der Waals surface area contributed by atoms with E-state index in [1.54, 1.807) is 4.90 Å². The summed E-state index contributed by atoms with van der Waals surface area (Å²) in [6.45, 7) is 1.39. The lowest BCUT2D eigenvalue weighted by Gasteiger charge is -2.29. The molecule has 2 aromatic rings. The molecule has 1 aromatic heterocycles.